The molecule has 1 N–H and O–H groups in total. The van der Waals surface area contributed by atoms with Gasteiger partial charge in [0.1, 0.15) is 0 Å². The summed E-state index contributed by atoms with van der Waals surface area (Å²) in [6.45, 7) is 4.94. The molecule has 1 saturated heterocycles. The van der Waals surface area contributed by atoms with Gasteiger partial charge in [0, 0.05) is 62.2 Å². The molecule has 2 aromatic heterocycles. The van der Waals surface area contributed by atoms with Gasteiger partial charge in [-0.2, -0.15) is 10.2 Å². The Morgan fingerprint density at radius 1 is 1.03 bits per heavy atom. The number of H-pyrrole nitrogens is 1. The van der Waals surface area contributed by atoms with Crippen molar-refractivity contribution in [3.8, 4) is 0 Å². The molecular formula is C22H26N6O. The van der Waals surface area contributed by atoms with E-state index in [0.717, 1.165) is 63.1 Å². The van der Waals surface area contributed by atoms with Crippen molar-refractivity contribution < 1.29 is 4.79 Å². The minimum Gasteiger partial charge on any atom is -0.337 e. The molecule has 150 valence electrons. The van der Waals surface area contributed by atoms with E-state index in [9.17, 15) is 4.79 Å². The maximum atomic E-state index is 13.2. The minimum absolute atomic E-state index is 0.0933. The SMILES string of the molecule is O=C(c1nn(Cc2ccccc2)c2c1CN(Cc1cn[nH]c1)CC2)N1CCCC1. The summed E-state index contributed by atoms with van der Waals surface area (Å²) >= 11 is 0. The summed E-state index contributed by atoms with van der Waals surface area (Å²) in [5.41, 5.74) is 5.33. The molecule has 0 radical (unpaired) electrons. The second kappa shape index (κ2) is 7.83. The molecule has 1 amide bonds. The maximum Gasteiger partial charge on any atom is 0.274 e. The van der Waals surface area contributed by atoms with E-state index in [1.807, 2.05) is 35.5 Å². The fourth-order valence-corrected chi connectivity index (χ4v) is 4.43. The third kappa shape index (κ3) is 3.70. The molecule has 0 aliphatic carbocycles. The standard InChI is InChI=1S/C22H26N6O/c29-22(27-9-4-5-10-27)21-19-16-26(14-18-12-23-24-13-18)11-8-20(19)28(25-21)15-17-6-2-1-3-7-17/h1-3,6-7,12-13H,4-5,8-11,14-16H2,(H,23,24). The van der Waals surface area contributed by atoms with Crippen LogP contribution < -0.4 is 0 Å². The van der Waals surface area contributed by atoms with Gasteiger partial charge in [0.25, 0.3) is 5.91 Å². The van der Waals surface area contributed by atoms with Crippen LogP contribution in [-0.4, -0.2) is 55.3 Å². The van der Waals surface area contributed by atoms with Crippen molar-refractivity contribution >= 4 is 5.91 Å². The van der Waals surface area contributed by atoms with Crippen LogP contribution in [0.25, 0.3) is 0 Å². The summed E-state index contributed by atoms with van der Waals surface area (Å²) in [6.07, 6.45) is 6.88. The molecule has 7 heteroatoms. The van der Waals surface area contributed by atoms with Crippen LogP contribution >= 0.6 is 0 Å². The Kier molecular flexibility index (Phi) is 4.89. The highest BCUT2D eigenvalue weighted by Crippen LogP contribution is 2.26. The van der Waals surface area contributed by atoms with Crippen LogP contribution in [0.1, 0.15) is 45.7 Å². The zero-order valence-corrected chi connectivity index (χ0v) is 16.5. The third-order valence-electron chi connectivity index (χ3n) is 5.95. The predicted octanol–water partition coefficient (Wildman–Crippen LogP) is 2.45. The first kappa shape index (κ1) is 18.1. The zero-order chi connectivity index (χ0) is 19.6. The van der Waals surface area contributed by atoms with Gasteiger partial charge in [-0.25, -0.2) is 0 Å². The molecule has 0 spiro atoms. The lowest BCUT2D eigenvalue weighted by molar-refractivity contribution is 0.0783. The summed E-state index contributed by atoms with van der Waals surface area (Å²) in [6, 6.07) is 10.4. The van der Waals surface area contributed by atoms with Crippen LogP contribution in [0.15, 0.2) is 42.7 Å². The van der Waals surface area contributed by atoms with Gasteiger partial charge in [0.15, 0.2) is 5.69 Å². The maximum absolute atomic E-state index is 13.2. The number of nitrogens with one attached hydrogen (secondary N) is 1. The van der Waals surface area contributed by atoms with Crippen molar-refractivity contribution in [2.24, 2.45) is 0 Å². The number of aromatic amines is 1. The summed E-state index contributed by atoms with van der Waals surface area (Å²) in [5.74, 6) is 0.0933. The first-order chi connectivity index (χ1) is 14.3. The molecule has 0 saturated carbocycles. The average Bonchev–Trinajstić information content (AvgIpc) is 3.50. The van der Waals surface area contributed by atoms with Gasteiger partial charge in [-0.05, 0) is 18.4 Å². The van der Waals surface area contributed by atoms with Gasteiger partial charge in [0.2, 0.25) is 0 Å². The highest BCUT2D eigenvalue weighted by atomic mass is 16.2. The van der Waals surface area contributed by atoms with Crippen molar-refractivity contribution in [1.82, 2.24) is 29.8 Å². The molecule has 29 heavy (non-hydrogen) atoms. The molecule has 5 rings (SSSR count). The fourth-order valence-electron chi connectivity index (χ4n) is 4.43. The summed E-state index contributed by atoms with van der Waals surface area (Å²) in [4.78, 5) is 17.6. The van der Waals surface area contributed by atoms with E-state index < -0.39 is 0 Å². The number of fused-ring (bicyclic) bond motifs is 1. The Balaban J connectivity index is 1.46. The molecular weight excluding hydrogens is 364 g/mol. The highest BCUT2D eigenvalue weighted by Gasteiger charge is 2.31. The number of aromatic nitrogens is 4. The van der Waals surface area contributed by atoms with Crippen LogP contribution in [0.5, 0.6) is 0 Å². The van der Waals surface area contributed by atoms with Crippen molar-refractivity contribution in [1.29, 1.82) is 0 Å². The number of hydrogen-bond donors (Lipinski definition) is 1. The van der Waals surface area contributed by atoms with Crippen LogP contribution in [0, 0.1) is 0 Å². The molecule has 1 aromatic carbocycles. The molecule has 2 aliphatic rings. The number of benzene rings is 1. The van der Waals surface area contributed by atoms with Gasteiger partial charge in [0.05, 0.1) is 12.7 Å². The van der Waals surface area contributed by atoms with E-state index in [0.29, 0.717) is 12.2 Å². The van der Waals surface area contributed by atoms with E-state index in [4.69, 9.17) is 5.10 Å². The van der Waals surface area contributed by atoms with Gasteiger partial charge in [-0.1, -0.05) is 30.3 Å². The van der Waals surface area contributed by atoms with Crippen LogP contribution in [0.3, 0.4) is 0 Å². The van der Waals surface area contributed by atoms with Crippen LogP contribution in [-0.2, 0) is 26.1 Å². The number of rotatable bonds is 5. The molecule has 4 heterocycles. The van der Waals surface area contributed by atoms with Crippen molar-refractivity contribution in [2.45, 2.75) is 38.9 Å². The lowest BCUT2D eigenvalue weighted by atomic mass is 10.0. The molecule has 0 bridgehead atoms. The molecule has 1 fully saturated rings. The summed E-state index contributed by atoms with van der Waals surface area (Å²) < 4.78 is 2.06. The summed E-state index contributed by atoms with van der Waals surface area (Å²) in [5, 5.41) is 11.8. The molecule has 0 unspecified atom stereocenters. The molecule has 2 aliphatic heterocycles. The lowest BCUT2D eigenvalue weighted by Crippen LogP contribution is -2.33. The number of amides is 1. The second-order valence-electron chi connectivity index (χ2n) is 7.98. The van der Waals surface area contributed by atoms with Gasteiger partial charge >= 0.3 is 0 Å². The first-order valence-corrected chi connectivity index (χ1v) is 10.4. The Morgan fingerprint density at radius 2 is 1.86 bits per heavy atom. The van der Waals surface area contributed by atoms with E-state index in [1.165, 1.54) is 11.3 Å². The molecule has 7 nitrogen and oxygen atoms in total. The third-order valence-corrected chi connectivity index (χ3v) is 5.95. The topological polar surface area (TPSA) is 70.0 Å². The highest BCUT2D eigenvalue weighted by molar-refractivity contribution is 5.94. The van der Waals surface area contributed by atoms with Crippen molar-refractivity contribution in [3.05, 3.63) is 70.8 Å². The quantitative estimate of drug-likeness (QED) is 0.727. The smallest absolute Gasteiger partial charge is 0.274 e. The summed E-state index contributed by atoms with van der Waals surface area (Å²) in [7, 11) is 0. The Labute approximate surface area is 170 Å². The monoisotopic (exact) mass is 390 g/mol. The first-order valence-electron chi connectivity index (χ1n) is 10.4. The minimum atomic E-state index is 0.0933. The largest absolute Gasteiger partial charge is 0.337 e. The number of likely N-dealkylation sites (tertiary alicyclic amines) is 1. The fraction of sp³-hybridized carbons (Fsp3) is 0.409. The van der Waals surface area contributed by atoms with Gasteiger partial charge in [-0.15, -0.1) is 0 Å². The van der Waals surface area contributed by atoms with Gasteiger partial charge < -0.3 is 4.90 Å². The predicted molar refractivity (Wildman–Crippen MR) is 109 cm³/mol. The Morgan fingerprint density at radius 3 is 2.62 bits per heavy atom. The zero-order valence-electron chi connectivity index (χ0n) is 16.5. The van der Waals surface area contributed by atoms with E-state index >= 15 is 0 Å². The van der Waals surface area contributed by atoms with Crippen LogP contribution in [0.2, 0.25) is 0 Å². The number of nitrogens with zero attached hydrogens (tertiary/aromatic N) is 5. The van der Waals surface area contributed by atoms with E-state index in [1.54, 1.807) is 0 Å². The lowest BCUT2D eigenvalue weighted by Gasteiger charge is -2.27. The van der Waals surface area contributed by atoms with E-state index in [2.05, 4.69) is 31.9 Å². The number of carbonyl (C=O) groups is 1. The van der Waals surface area contributed by atoms with Crippen molar-refractivity contribution in [3.63, 3.8) is 0 Å². The van der Waals surface area contributed by atoms with Crippen LogP contribution in [0.4, 0.5) is 0 Å². The second-order valence-corrected chi connectivity index (χ2v) is 7.98. The molecule has 3 aromatic rings. The van der Waals surface area contributed by atoms with Crippen molar-refractivity contribution in [2.75, 3.05) is 19.6 Å². The average molecular weight is 390 g/mol. The Bertz CT molecular complexity index is 972. The Hall–Kier alpha value is -2.93. The normalized spacial score (nSPS) is 16.9. The number of hydrogen-bond acceptors (Lipinski definition) is 4. The number of carbonyl (C=O) groups excluding carboxylic acids is 1. The van der Waals surface area contributed by atoms with E-state index in [-0.39, 0.29) is 5.91 Å². The molecule has 0 atom stereocenters. The van der Waals surface area contributed by atoms with Gasteiger partial charge in [-0.3, -0.25) is 19.5 Å².